The molecule has 1 N–H and O–H groups in total. The van der Waals surface area contributed by atoms with Crippen molar-refractivity contribution in [3.05, 3.63) is 64.7 Å². The molecular formula is C20H23ClN2O. The molecule has 0 spiro atoms. The third-order valence-electron chi connectivity index (χ3n) is 4.60. The summed E-state index contributed by atoms with van der Waals surface area (Å²) in [6.07, 6.45) is 2.06. The van der Waals surface area contributed by atoms with Gasteiger partial charge in [-0.15, -0.1) is 0 Å². The molecule has 0 saturated carbocycles. The number of benzene rings is 2. The maximum absolute atomic E-state index is 12.9. The molecule has 126 valence electrons. The molecule has 0 aliphatic carbocycles. The molecule has 3 rings (SSSR count). The number of carbonyl (C=O) groups is 1. The molecule has 1 aliphatic heterocycles. The Morgan fingerprint density at radius 1 is 1.17 bits per heavy atom. The Morgan fingerprint density at radius 2 is 1.96 bits per heavy atom. The van der Waals surface area contributed by atoms with Crippen LogP contribution in [-0.2, 0) is 11.2 Å². The average molecular weight is 343 g/mol. The molecular weight excluding hydrogens is 320 g/mol. The van der Waals surface area contributed by atoms with Crippen molar-refractivity contribution in [2.24, 2.45) is 0 Å². The second kappa shape index (κ2) is 7.37. The van der Waals surface area contributed by atoms with Crippen LogP contribution in [0.4, 0.5) is 5.69 Å². The van der Waals surface area contributed by atoms with E-state index in [4.69, 9.17) is 11.6 Å². The number of amides is 1. The van der Waals surface area contributed by atoms with Crippen molar-refractivity contribution in [3.8, 4) is 0 Å². The van der Waals surface area contributed by atoms with Crippen molar-refractivity contribution in [2.45, 2.75) is 38.8 Å². The lowest BCUT2D eigenvalue weighted by Crippen LogP contribution is -2.47. The van der Waals surface area contributed by atoms with E-state index in [1.807, 2.05) is 54.3 Å². The fourth-order valence-electron chi connectivity index (χ4n) is 3.31. The van der Waals surface area contributed by atoms with E-state index in [9.17, 15) is 4.79 Å². The van der Waals surface area contributed by atoms with Crippen LogP contribution in [0.1, 0.15) is 37.4 Å². The highest BCUT2D eigenvalue weighted by Gasteiger charge is 2.26. The van der Waals surface area contributed by atoms with Gasteiger partial charge in [0.1, 0.15) is 0 Å². The molecule has 0 fully saturated rings. The highest BCUT2D eigenvalue weighted by atomic mass is 35.5. The van der Waals surface area contributed by atoms with Crippen LogP contribution in [0.15, 0.2) is 48.5 Å². The number of halogens is 1. The van der Waals surface area contributed by atoms with Gasteiger partial charge in [0.15, 0.2) is 0 Å². The number of aryl methyl sites for hydroxylation is 1. The van der Waals surface area contributed by atoms with Gasteiger partial charge in [-0.25, -0.2) is 0 Å². The third kappa shape index (κ3) is 3.63. The molecule has 0 saturated heterocycles. The first kappa shape index (κ1) is 17.0. The van der Waals surface area contributed by atoms with Gasteiger partial charge in [0.05, 0.1) is 6.04 Å². The van der Waals surface area contributed by atoms with Crippen LogP contribution < -0.4 is 10.2 Å². The van der Waals surface area contributed by atoms with Crippen LogP contribution in [0.5, 0.6) is 0 Å². The maximum atomic E-state index is 12.9. The summed E-state index contributed by atoms with van der Waals surface area (Å²) in [6, 6.07) is 15.7. The van der Waals surface area contributed by atoms with Crippen LogP contribution in [0.25, 0.3) is 0 Å². The number of nitrogens with one attached hydrogen (secondary N) is 1. The summed E-state index contributed by atoms with van der Waals surface area (Å²) in [5, 5.41) is 4.11. The molecule has 2 aromatic carbocycles. The van der Waals surface area contributed by atoms with Gasteiger partial charge in [-0.3, -0.25) is 10.1 Å². The normalized spacial score (nSPS) is 16.4. The lowest BCUT2D eigenvalue weighted by atomic mass is 10.0. The van der Waals surface area contributed by atoms with Gasteiger partial charge >= 0.3 is 0 Å². The van der Waals surface area contributed by atoms with E-state index < -0.39 is 0 Å². The molecule has 2 atom stereocenters. The monoisotopic (exact) mass is 342 g/mol. The number of hydrogen-bond acceptors (Lipinski definition) is 2. The summed E-state index contributed by atoms with van der Waals surface area (Å²) in [6.45, 7) is 4.77. The van der Waals surface area contributed by atoms with Gasteiger partial charge in [0.2, 0.25) is 5.91 Å². The minimum atomic E-state index is -0.259. The highest BCUT2D eigenvalue weighted by molar-refractivity contribution is 6.30. The maximum Gasteiger partial charge on any atom is 0.243 e. The summed E-state index contributed by atoms with van der Waals surface area (Å²) >= 11 is 6.06. The van der Waals surface area contributed by atoms with Gasteiger partial charge in [-0.05, 0) is 56.0 Å². The fraction of sp³-hybridized carbons (Fsp3) is 0.350. The Morgan fingerprint density at radius 3 is 2.75 bits per heavy atom. The molecule has 24 heavy (non-hydrogen) atoms. The Balaban J connectivity index is 1.71. The van der Waals surface area contributed by atoms with Crippen molar-refractivity contribution in [3.63, 3.8) is 0 Å². The van der Waals surface area contributed by atoms with Crippen molar-refractivity contribution in [1.29, 1.82) is 0 Å². The zero-order chi connectivity index (χ0) is 17.1. The SMILES string of the molecule is CC(NC(C)c1cccc(Cl)c1)C(=O)N1CCCc2ccccc21. The van der Waals surface area contributed by atoms with E-state index in [1.54, 1.807) is 0 Å². The number of para-hydroxylation sites is 1. The summed E-state index contributed by atoms with van der Waals surface area (Å²) in [5.74, 6) is 0.121. The lowest BCUT2D eigenvalue weighted by molar-refractivity contribution is -0.120. The van der Waals surface area contributed by atoms with Crippen molar-refractivity contribution >= 4 is 23.2 Å². The number of nitrogens with zero attached hydrogens (tertiary/aromatic N) is 1. The molecule has 2 aromatic rings. The predicted octanol–water partition coefficient (Wildman–Crippen LogP) is 4.36. The van der Waals surface area contributed by atoms with Crippen molar-refractivity contribution in [2.75, 3.05) is 11.4 Å². The highest BCUT2D eigenvalue weighted by Crippen LogP contribution is 2.27. The molecule has 1 aliphatic rings. The smallest absolute Gasteiger partial charge is 0.243 e. The largest absolute Gasteiger partial charge is 0.311 e. The van der Waals surface area contributed by atoms with Crippen LogP contribution in [0, 0.1) is 0 Å². The minimum Gasteiger partial charge on any atom is -0.311 e. The van der Waals surface area contributed by atoms with E-state index in [0.29, 0.717) is 5.02 Å². The van der Waals surface area contributed by atoms with Gasteiger partial charge < -0.3 is 4.90 Å². The first-order valence-electron chi connectivity index (χ1n) is 8.47. The average Bonchev–Trinajstić information content (AvgIpc) is 2.60. The number of rotatable bonds is 4. The summed E-state index contributed by atoms with van der Waals surface area (Å²) < 4.78 is 0. The molecule has 0 aromatic heterocycles. The molecule has 0 radical (unpaired) electrons. The molecule has 1 heterocycles. The molecule has 3 nitrogen and oxygen atoms in total. The van der Waals surface area contributed by atoms with Crippen LogP contribution >= 0.6 is 11.6 Å². The van der Waals surface area contributed by atoms with Crippen molar-refractivity contribution in [1.82, 2.24) is 5.32 Å². The Labute approximate surface area is 148 Å². The number of anilines is 1. The molecule has 1 amide bonds. The second-order valence-corrected chi connectivity index (χ2v) is 6.82. The van der Waals surface area contributed by atoms with E-state index in [0.717, 1.165) is 30.6 Å². The van der Waals surface area contributed by atoms with E-state index >= 15 is 0 Å². The van der Waals surface area contributed by atoms with Gasteiger partial charge in [0, 0.05) is 23.3 Å². The van der Waals surface area contributed by atoms with Crippen LogP contribution in [0.3, 0.4) is 0 Å². The number of carbonyl (C=O) groups excluding carboxylic acids is 1. The first-order chi connectivity index (χ1) is 11.6. The third-order valence-corrected chi connectivity index (χ3v) is 4.83. The zero-order valence-electron chi connectivity index (χ0n) is 14.1. The van der Waals surface area contributed by atoms with E-state index in [2.05, 4.69) is 18.3 Å². The molecule has 0 bridgehead atoms. The summed E-state index contributed by atoms with van der Waals surface area (Å²) in [5.41, 5.74) is 3.39. The number of hydrogen-bond donors (Lipinski definition) is 1. The number of fused-ring (bicyclic) bond motifs is 1. The van der Waals surface area contributed by atoms with Gasteiger partial charge in [0.25, 0.3) is 0 Å². The van der Waals surface area contributed by atoms with Crippen LogP contribution in [0.2, 0.25) is 5.02 Å². The lowest BCUT2D eigenvalue weighted by Gasteiger charge is -2.32. The van der Waals surface area contributed by atoms with E-state index in [1.165, 1.54) is 5.56 Å². The standard InChI is InChI=1S/C20H23ClN2O/c1-14(17-8-5-10-18(21)13-17)22-15(2)20(24)23-12-6-9-16-7-3-4-11-19(16)23/h3-5,7-8,10-11,13-15,22H,6,9,12H2,1-2H3. The topological polar surface area (TPSA) is 32.3 Å². The summed E-state index contributed by atoms with van der Waals surface area (Å²) in [4.78, 5) is 14.8. The quantitative estimate of drug-likeness (QED) is 0.895. The van der Waals surface area contributed by atoms with E-state index in [-0.39, 0.29) is 18.0 Å². The van der Waals surface area contributed by atoms with Crippen molar-refractivity contribution < 1.29 is 4.79 Å². The Hall–Kier alpha value is -1.84. The molecule has 2 unspecified atom stereocenters. The minimum absolute atomic E-state index is 0.0580. The molecule has 4 heteroatoms. The van der Waals surface area contributed by atoms with Gasteiger partial charge in [-0.2, -0.15) is 0 Å². The van der Waals surface area contributed by atoms with Gasteiger partial charge in [-0.1, -0.05) is 41.9 Å². The predicted molar refractivity (Wildman–Crippen MR) is 99.6 cm³/mol. The Kier molecular flexibility index (Phi) is 5.22. The van der Waals surface area contributed by atoms with Crippen LogP contribution in [-0.4, -0.2) is 18.5 Å². The fourth-order valence-corrected chi connectivity index (χ4v) is 3.51. The second-order valence-electron chi connectivity index (χ2n) is 6.39. The Bertz CT molecular complexity index is 731. The zero-order valence-corrected chi connectivity index (χ0v) is 14.9. The first-order valence-corrected chi connectivity index (χ1v) is 8.85. The summed E-state index contributed by atoms with van der Waals surface area (Å²) in [7, 11) is 0.